The predicted molar refractivity (Wildman–Crippen MR) is 66.8 cm³/mol. The maximum Gasteiger partial charge on any atom is 0.127 e. The molecule has 0 atom stereocenters. The maximum absolute atomic E-state index is 5.35. The molecule has 0 spiro atoms. The van der Waals surface area contributed by atoms with Crippen LogP contribution in [0.3, 0.4) is 0 Å². The van der Waals surface area contributed by atoms with E-state index in [1.807, 2.05) is 12.1 Å². The van der Waals surface area contributed by atoms with E-state index in [4.69, 9.17) is 4.74 Å². The van der Waals surface area contributed by atoms with Gasteiger partial charge in [0.2, 0.25) is 0 Å². The number of benzene rings is 3. The summed E-state index contributed by atoms with van der Waals surface area (Å²) in [6.07, 6.45) is 0. The number of hydrogen-bond acceptors (Lipinski definition) is 1. The number of ether oxygens (including phenoxy) is 1. The molecule has 0 bridgehead atoms. The largest absolute Gasteiger partial charge is 0.496 e. The summed E-state index contributed by atoms with van der Waals surface area (Å²) in [6.45, 7) is 0. The van der Waals surface area contributed by atoms with Crippen LogP contribution < -0.4 is 4.74 Å². The minimum absolute atomic E-state index is 0.878. The molecule has 16 heavy (non-hydrogen) atoms. The number of rotatable bonds is 1. The van der Waals surface area contributed by atoms with Crippen LogP contribution in [0, 0.1) is 6.07 Å². The van der Waals surface area contributed by atoms with Gasteiger partial charge in [-0.2, -0.15) is 0 Å². The van der Waals surface area contributed by atoms with Gasteiger partial charge in [0.15, 0.2) is 0 Å². The molecule has 3 rings (SSSR count). The third kappa shape index (κ3) is 1.33. The molecule has 0 aliphatic heterocycles. The fourth-order valence-electron chi connectivity index (χ4n) is 2.04. The molecule has 1 radical (unpaired) electrons. The van der Waals surface area contributed by atoms with Gasteiger partial charge in [0.25, 0.3) is 0 Å². The van der Waals surface area contributed by atoms with Crippen LogP contribution in [0.25, 0.3) is 21.5 Å². The Morgan fingerprint density at radius 2 is 1.69 bits per heavy atom. The second-order valence-electron chi connectivity index (χ2n) is 3.81. The first kappa shape index (κ1) is 9.22. The van der Waals surface area contributed by atoms with E-state index >= 15 is 0 Å². The molecule has 3 aromatic carbocycles. The Hall–Kier alpha value is -2.02. The predicted octanol–water partition coefficient (Wildman–Crippen LogP) is 3.80. The van der Waals surface area contributed by atoms with Gasteiger partial charge < -0.3 is 4.74 Å². The fraction of sp³-hybridized carbons (Fsp3) is 0.0667. The summed E-state index contributed by atoms with van der Waals surface area (Å²) in [5, 5.41) is 4.79. The second kappa shape index (κ2) is 3.53. The topological polar surface area (TPSA) is 9.23 Å². The smallest absolute Gasteiger partial charge is 0.127 e. The molecule has 0 aliphatic rings. The Balaban J connectivity index is 2.46. The zero-order chi connectivity index (χ0) is 11.0. The lowest BCUT2D eigenvalue weighted by Gasteiger charge is -2.06. The molecule has 0 N–H and O–H groups in total. The Morgan fingerprint density at radius 3 is 2.44 bits per heavy atom. The van der Waals surface area contributed by atoms with Gasteiger partial charge in [-0.1, -0.05) is 24.3 Å². The SMILES string of the molecule is COc1c[c]cc2cc3ccccc3cc12. The van der Waals surface area contributed by atoms with Crippen molar-refractivity contribution in [2.75, 3.05) is 7.11 Å². The Bertz CT molecular complexity index is 656. The monoisotopic (exact) mass is 207 g/mol. The molecular weight excluding hydrogens is 196 g/mol. The van der Waals surface area contributed by atoms with E-state index in [0.717, 1.165) is 16.5 Å². The lowest BCUT2D eigenvalue weighted by molar-refractivity contribution is 0.420. The van der Waals surface area contributed by atoms with Crippen LogP contribution in [0.4, 0.5) is 0 Å². The van der Waals surface area contributed by atoms with Gasteiger partial charge in [0.1, 0.15) is 5.75 Å². The minimum Gasteiger partial charge on any atom is -0.496 e. The van der Waals surface area contributed by atoms with Crippen molar-refractivity contribution in [3.63, 3.8) is 0 Å². The standard InChI is InChI=1S/C15H11O/c1-16-15-8-4-7-13-9-11-5-2-3-6-12(11)10-14(13)15/h2-3,5-10H,1H3. The van der Waals surface area contributed by atoms with E-state index < -0.39 is 0 Å². The number of methoxy groups -OCH3 is 1. The highest BCUT2D eigenvalue weighted by atomic mass is 16.5. The zero-order valence-electron chi connectivity index (χ0n) is 9.03. The van der Waals surface area contributed by atoms with E-state index in [2.05, 4.69) is 42.5 Å². The van der Waals surface area contributed by atoms with Crippen molar-refractivity contribution < 1.29 is 4.74 Å². The van der Waals surface area contributed by atoms with Crippen LogP contribution in [0.5, 0.6) is 5.75 Å². The molecule has 0 saturated heterocycles. The summed E-state index contributed by atoms with van der Waals surface area (Å²) in [6, 6.07) is 19.6. The third-order valence-electron chi connectivity index (χ3n) is 2.86. The summed E-state index contributed by atoms with van der Waals surface area (Å²) in [4.78, 5) is 0. The van der Waals surface area contributed by atoms with Crippen molar-refractivity contribution in [3.8, 4) is 5.75 Å². The van der Waals surface area contributed by atoms with Crippen molar-refractivity contribution in [2.45, 2.75) is 0 Å². The van der Waals surface area contributed by atoms with Crippen molar-refractivity contribution in [2.24, 2.45) is 0 Å². The lowest BCUT2D eigenvalue weighted by atomic mass is 10.0. The Labute approximate surface area is 94.3 Å². The van der Waals surface area contributed by atoms with Crippen LogP contribution in [0.2, 0.25) is 0 Å². The molecule has 77 valence electrons. The average molecular weight is 207 g/mol. The van der Waals surface area contributed by atoms with Crippen molar-refractivity contribution in [3.05, 3.63) is 54.6 Å². The molecule has 0 fully saturated rings. The fourth-order valence-corrected chi connectivity index (χ4v) is 2.04. The van der Waals surface area contributed by atoms with E-state index in [-0.39, 0.29) is 0 Å². The quantitative estimate of drug-likeness (QED) is 0.551. The van der Waals surface area contributed by atoms with Gasteiger partial charge >= 0.3 is 0 Å². The van der Waals surface area contributed by atoms with Gasteiger partial charge in [0.05, 0.1) is 7.11 Å². The molecular formula is C15H11O. The zero-order valence-corrected chi connectivity index (χ0v) is 9.03. The number of fused-ring (bicyclic) bond motifs is 2. The number of hydrogen-bond donors (Lipinski definition) is 0. The normalized spacial score (nSPS) is 10.8. The van der Waals surface area contributed by atoms with Crippen molar-refractivity contribution in [1.82, 2.24) is 0 Å². The molecule has 0 heterocycles. The molecule has 1 heteroatoms. The van der Waals surface area contributed by atoms with Gasteiger partial charge in [-0.25, -0.2) is 0 Å². The van der Waals surface area contributed by atoms with E-state index in [0.29, 0.717) is 0 Å². The summed E-state index contributed by atoms with van der Waals surface area (Å²) >= 11 is 0. The molecule has 3 aromatic rings. The third-order valence-corrected chi connectivity index (χ3v) is 2.86. The van der Waals surface area contributed by atoms with E-state index in [1.54, 1.807) is 7.11 Å². The van der Waals surface area contributed by atoms with Gasteiger partial charge in [-0.15, -0.1) is 0 Å². The summed E-state index contributed by atoms with van der Waals surface area (Å²) in [5.74, 6) is 0.878. The second-order valence-corrected chi connectivity index (χ2v) is 3.81. The van der Waals surface area contributed by atoms with Crippen LogP contribution in [0.15, 0.2) is 48.5 Å². The Kier molecular flexibility index (Phi) is 2.03. The summed E-state index contributed by atoms with van der Waals surface area (Å²) in [7, 11) is 1.69. The molecule has 0 aromatic heterocycles. The van der Waals surface area contributed by atoms with Gasteiger partial charge in [0, 0.05) is 5.39 Å². The summed E-state index contributed by atoms with van der Waals surface area (Å²) in [5.41, 5.74) is 0. The first-order valence-electron chi connectivity index (χ1n) is 5.25. The van der Waals surface area contributed by atoms with Gasteiger partial charge in [-0.05, 0) is 46.5 Å². The van der Waals surface area contributed by atoms with Gasteiger partial charge in [-0.3, -0.25) is 0 Å². The highest BCUT2D eigenvalue weighted by molar-refractivity contribution is 6.00. The first-order valence-corrected chi connectivity index (χ1v) is 5.25. The lowest BCUT2D eigenvalue weighted by Crippen LogP contribution is -1.84. The maximum atomic E-state index is 5.35. The van der Waals surface area contributed by atoms with Crippen LogP contribution >= 0.6 is 0 Å². The first-order chi connectivity index (χ1) is 7.88. The van der Waals surface area contributed by atoms with Crippen molar-refractivity contribution in [1.29, 1.82) is 0 Å². The highest BCUT2D eigenvalue weighted by Crippen LogP contribution is 2.29. The molecule has 0 aliphatic carbocycles. The highest BCUT2D eigenvalue weighted by Gasteiger charge is 2.02. The minimum atomic E-state index is 0.878. The van der Waals surface area contributed by atoms with Crippen LogP contribution in [-0.2, 0) is 0 Å². The van der Waals surface area contributed by atoms with E-state index in [1.165, 1.54) is 10.8 Å². The summed E-state index contributed by atoms with van der Waals surface area (Å²) < 4.78 is 5.35. The molecule has 0 amide bonds. The van der Waals surface area contributed by atoms with Crippen LogP contribution in [-0.4, -0.2) is 7.11 Å². The molecule has 0 saturated carbocycles. The van der Waals surface area contributed by atoms with Crippen molar-refractivity contribution >= 4 is 21.5 Å². The molecule has 1 nitrogen and oxygen atoms in total. The Morgan fingerprint density at radius 1 is 0.938 bits per heavy atom. The van der Waals surface area contributed by atoms with E-state index in [9.17, 15) is 0 Å². The molecule has 0 unspecified atom stereocenters. The van der Waals surface area contributed by atoms with Crippen LogP contribution in [0.1, 0.15) is 0 Å². The average Bonchev–Trinajstić information content (AvgIpc) is 2.35.